The molecule has 1 aromatic heterocycles. The molecule has 0 atom stereocenters. The largest absolute Gasteiger partial charge is 0.493 e. The Bertz CT molecular complexity index is 922. The SMILES string of the molecule is COc1ccc(-c2nnn(CC(=O)OCc3ccc(C)cc3)n2)cc1OC. The summed E-state index contributed by atoms with van der Waals surface area (Å²) in [6.07, 6.45) is 0. The monoisotopic (exact) mass is 368 g/mol. The number of hydrogen-bond acceptors (Lipinski definition) is 7. The number of methoxy groups -OCH3 is 2. The highest BCUT2D eigenvalue weighted by molar-refractivity contribution is 5.69. The van der Waals surface area contributed by atoms with Gasteiger partial charge in [0, 0.05) is 5.56 Å². The second-order valence-corrected chi connectivity index (χ2v) is 5.86. The molecule has 0 amide bonds. The van der Waals surface area contributed by atoms with Gasteiger partial charge in [-0.15, -0.1) is 10.2 Å². The summed E-state index contributed by atoms with van der Waals surface area (Å²) in [7, 11) is 3.12. The summed E-state index contributed by atoms with van der Waals surface area (Å²) in [5.41, 5.74) is 2.78. The molecule has 0 saturated carbocycles. The molecular formula is C19H20N4O4. The number of carbonyl (C=O) groups excluding carboxylic acids is 1. The average molecular weight is 368 g/mol. The molecule has 3 aromatic rings. The van der Waals surface area contributed by atoms with Crippen molar-refractivity contribution >= 4 is 5.97 Å². The van der Waals surface area contributed by atoms with Crippen LogP contribution in [0.1, 0.15) is 11.1 Å². The van der Waals surface area contributed by atoms with E-state index in [1.165, 1.54) is 4.80 Å². The van der Waals surface area contributed by atoms with Crippen LogP contribution in [0.2, 0.25) is 0 Å². The third-order valence-electron chi connectivity index (χ3n) is 3.89. The first-order valence-corrected chi connectivity index (χ1v) is 8.30. The number of aryl methyl sites for hydroxylation is 1. The van der Waals surface area contributed by atoms with E-state index in [0.717, 1.165) is 11.1 Å². The Morgan fingerprint density at radius 1 is 1.04 bits per heavy atom. The normalized spacial score (nSPS) is 10.5. The number of rotatable bonds is 7. The van der Waals surface area contributed by atoms with Gasteiger partial charge in [0.15, 0.2) is 18.0 Å². The van der Waals surface area contributed by atoms with E-state index in [1.54, 1.807) is 32.4 Å². The maximum Gasteiger partial charge on any atom is 0.330 e. The van der Waals surface area contributed by atoms with Crippen molar-refractivity contribution in [3.63, 3.8) is 0 Å². The zero-order valence-electron chi connectivity index (χ0n) is 15.4. The molecule has 0 radical (unpaired) electrons. The van der Waals surface area contributed by atoms with Gasteiger partial charge in [-0.05, 0) is 35.9 Å². The van der Waals surface area contributed by atoms with Gasteiger partial charge in [-0.2, -0.15) is 4.80 Å². The number of benzene rings is 2. The van der Waals surface area contributed by atoms with Gasteiger partial charge in [-0.1, -0.05) is 29.8 Å². The van der Waals surface area contributed by atoms with Crippen molar-refractivity contribution < 1.29 is 19.0 Å². The molecule has 3 rings (SSSR count). The third-order valence-corrected chi connectivity index (χ3v) is 3.89. The lowest BCUT2D eigenvalue weighted by molar-refractivity contribution is -0.146. The minimum Gasteiger partial charge on any atom is -0.493 e. The molecular weight excluding hydrogens is 348 g/mol. The molecule has 2 aromatic carbocycles. The smallest absolute Gasteiger partial charge is 0.330 e. The molecule has 0 N–H and O–H groups in total. The molecule has 1 heterocycles. The standard InChI is InChI=1S/C19H20N4O4/c1-13-4-6-14(7-5-13)12-27-18(24)11-23-21-19(20-22-23)15-8-9-16(25-2)17(10-15)26-3/h4-10H,11-12H2,1-3H3. The van der Waals surface area contributed by atoms with Crippen LogP contribution in [0.5, 0.6) is 11.5 Å². The van der Waals surface area contributed by atoms with Crippen LogP contribution in [0, 0.1) is 6.92 Å². The minimum atomic E-state index is -0.438. The molecule has 140 valence electrons. The van der Waals surface area contributed by atoms with E-state index in [2.05, 4.69) is 15.4 Å². The number of tetrazole rings is 1. The highest BCUT2D eigenvalue weighted by Crippen LogP contribution is 2.30. The Morgan fingerprint density at radius 3 is 2.48 bits per heavy atom. The number of hydrogen-bond donors (Lipinski definition) is 0. The average Bonchev–Trinajstić information content (AvgIpc) is 3.15. The van der Waals surface area contributed by atoms with Crippen molar-refractivity contribution in [1.29, 1.82) is 0 Å². The molecule has 0 spiro atoms. The van der Waals surface area contributed by atoms with Crippen LogP contribution in [-0.2, 0) is 22.7 Å². The third kappa shape index (κ3) is 4.60. The molecule has 0 bridgehead atoms. The van der Waals surface area contributed by atoms with E-state index in [4.69, 9.17) is 14.2 Å². The molecule has 27 heavy (non-hydrogen) atoms. The predicted molar refractivity (Wildman–Crippen MR) is 97.3 cm³/mol. The van der Waals surface area contributed by atoms with Crippen molar-refractivity contribution in [2.45, 2.75) is 20.1 Å². The topological polar surface area (TPSA) is 88.4 Å². The lowest BCUT2D eigenvalue weighted by Gasteiger charge is -2.07. The van der Waals surface area contributed by atoms with Crippen LogP contribution in [0.15, 0.2) is 42.5 Å². The van der Waals surface area contributed by atoms with Gasteiger partial charge in [0.1, 0.15) is 6.61 Å². The Hall–Kier alpha value is -3.42. The zero-order chi connectivity index (χ0) is 19.2. The fourth-order valence-electron chi connectivity index (χ4n) is 2.41. The molecule has 0 aliphatic carbocycles. The van der Waals surface area contributed by atoms with Crippen LogP contribution < -0.4 is 9.47 Å². The fraction of sp³-hybridized carbons (Fsp3) is 0.263. The number of aromatic nitrogens is 4. The number of esters is 1. The van der Waals surface area contributed by atoms with Gasteiger partial charge in [-0.3, -0.25) is 0 Å². The van der Waals surface area contributed by atoms with Gasteiger partial charge in [0.25, 0.3) is 0 Å². The maximum atomic E-state index is 12.0. The number of carbonyl (C=O) groups is 1. The fourth-order valence-corrected chi connectivity index (χ4v) is 2.41. The predicted octanol–water partition coefficient (Wildman–Crippen LogP) is 2.41. The van der Waals surface area contributed by atoms with E-state index >= 15 is 0 Å². The van der Waals surface area contributed by atoms with Gasteiger partial charge in [0.05, 0.1) is 14.2 Å². The summed E-state index contributed by atoms with van der Waals surface area (Å²) in [5, 5.41) is 12.1. The molecule has 8 nitrogen and oxygen atoms in total. The highest BCUT2D eigenvalue weighted by atomic mass is 16.5. The molecule has 8 heteroatoms. The minimum absolute atomic E-state index is 0.119. The quantitative estimate of drug-likeness (QED) is 0.592. The van der Waals surface area contributed by atoms with Crippen molar-refractivity contribution in [2.24, 2.45) is 0 Å². The zero-order valence-corrected chi connectivity index (χ0v) is 15.4. The number of nitrogens with zero attached hydrogens (tertiary/aromatic N) is 4. The van der Waals surface area contributed by atoms with Crippen LogP contribution >= 0.6 is 0 Å². The Morgan fingerprint density at radius 2 is 1.78 bits per heavy atom. The number of ether oxygens (including phenoxy) is 3. The first-order chi connectivity index (χ1) is 13.1. The maximum absolute atomic E-state index is 12.0. The molecule has 0 aliphatic rings. The van der Waals surface area contributed by atoms with E-state index in [1.807, 2.05) is 31.2 Å². The van der Waals surface area contributed by atoms with E-state index < -0.39 is 5.97 Å². The summed E-state index contributed by atoms with van der Waals surface area (Å²) in [5.74, 6) is 1.10. The second kappa shape index (κ2) is 8.31. The summed E-state index contributed by atoms with van der Waals surface area (Å²) >= 11 is 0. The van der Waals surface area contributed by atoms with Gasteiger partial charge in [0.2, 0.25) is 5.82 Å². The van der Waals surface area contributed by atoms with Crippen molar-refractivity contribution in [3.05, 3.63) is 53.6 Å². The molecule has 0 saturated heterocycles. The highest BCUT2D eigenvalue weighted by Gasteiger charge is 2.13. The summed E-state index contributed by atoms with van der Waals surface area (Å²) in [4.78, 5) is 13.2. The Labute approximate surface area is 156 Å². The van der Waals surface area contributed by atoms with E-state index in [0.29, 0.717) is 22.9 Å². The van der Waals surface area contributed by atoms with Gasteiger partial charge in [-0.25, -0.2) is 4.79 Å². The van der Waals surface area contributed by atoms with Crippen LogP contribution in [-0.4, -0.2) is 40.4 Å². The second-order valence-electron chi connectivity index (χ2n) is 5.86. The lowest BCUT2D eigenvalue weighted by Crippen LogP contribution is -2.15. The summed E-state index contributed by atoms with van der Waals surface area (Å²) < 4.78 is 15.7. The van der Waals surface area contributed by atoms with Crippen molar-refractivity contribution in [3.8, 4) is 22.9 Å². The van der Waals surface area contributed by atoms with Crippen LogP contribution in [0.3, 0.4) is 0 Å². The summed E-state index contributed by atoms with van der Waals surface area (Å²) in [6.45, 7) is 2.09. The first kappa shape index (κ1) is 18.4. The van der Waals surface area contributed by atoms with E-state index in [-0.39, 0.29) is 13.2 Å². The van der Waals surface area contributed by atoms with Crippen molar-refractivity contribution in [2.75, 3.05) is 14.2 Å². The van der Waals surface area contributed by atoms with Gasteiger partial charge >= 0.3 is 5.97 Å². The molecule has 0 unspecified atom stereocenters. The van der Waals surface area contributed by atoms with Gasteiger partial charge < -0.3 is 14.2 Å². The summed E-state index contributed by atoms with van der Waals surface area (Å²) in [6, 6.07) is 13.1. The van der Waals surface area contributed by atoms with Crippen LogP contribution in [0.4, 0.5) is 0 Å². The Balaban J connectivity index is 1.62. The van der Waals surface area contributed by atoms with E-state index in [9.17, 15) is 4.79 Å². The molecule has 0 aliphatic heterocycles. The van der Waals surface area contributed by atoms with Crippen LogP contribution in [0.25, 0.3) is 11.4 Å². The lowest BCUT2D eigenvalue weighted by atomic mass is 10.2. The molecule has 0 fully saturated rings. The Kier molecular flexibility index (Phi) is 5.65. The first-order valence-electron chi connectivity index (χ1n) is 8.30. The van der Waals surface area contributed by atoms with Crippen molar-refractivity contribution in [1.82, 2.24) is 20.2 Å².